The van der Waals surface area contributed by atoms with Crippen LogP contribution in [0.2, 0.25) is 0 Å². The highest BCUT2D eigenvalue weighted by molar-refractivity contribution is 7.86. The molecule has 0 atom stereocenters. The molecule has 5 aromatic rings. The molecule has 0 bridgehead atoms. The molecule has 2 heterocycles. The number of aromatic amines is 1. The van der Waals surface area contributed by atoms with Gasteiger partial charge >= 0.3 is 10.2 Å². The van der Waals surface area contributed by atoms with E-state index < -0.39 is 15.1 Å². The number of aromatic nitrogens is 2. The van der Waals surface area contributed by atoms with Crippen LogP contribution in [-0.4, -0.2) is 24.6 Å². The number of rotatable bonds is 4. The van der Waals surface area contributed by atoms with E-state index in [4.69, 9.17) is 4.74 Å². The van der Waals surface area contributed by atoms with Crippen LogP contribution in [0.4, 0.5) is 3.89 Å². The molecule has 0 aliphatic heterocycles. The van der Waals surface area contributed by atoms with Crippen LogP contribution < -0.4 is 10.2 Å². The first-order chi connectivity index (χ1) is 16.2. The second-order valence-electron chi connectivity index (χ2n) is 7.87. The van der Waals surface area contributed by atoms with Gasteiger partial charge in [-0.15, -0.1) is 3.89 Å². The van der Waals surface area contributed by atoms with Crippen LogP contribution in [0.25, 0.3) is 44.0 Å². The van der Waals surface area contributed by atoms with Crippen LogP contribution >= 0.6 is 0 Å². The van der Waals surface area contributed by atoms with Crippen LogP contribution in [0.5, 0.6) is 5.75 Å². The molecule has 0 aliphatic carbocycles. The highest BCUT2D eigenvalue weighted by atomic mass is 32.3. The molecular formula is C25H18FN3O4S. The summed E-state index contributed by atoms with van der Waals surface area (Å²) >= 11 is 0. The predicted octanol–water partition coefficient (Wildman–Crippen LogP) is 4.77. The monoisotopic (exact) mass is 475 g/mol. The zero-order chi connectivity index (χ0) is 24.2. The molecule has 170 valence electrons. The summed E-state index contributed by atoms with van der Waals surface area (Å²) < 4.78 is 44.2. The van der Waals surface area contributed by atoms with E-state index >= 15 is 0 Å². The first kappa shape index (κ1) is 21.7. The van der Waals surface area contributed by atoms with Gasteiger partial charge in [-0.3, -0.25) is 4.79 Å². The van der Waals surface area contributed by atoms with Gasteiger partial charge < -0.3 is 14.3 Å². The lowest BCUT2D eigenvalue weighted by Crippen LogP contribution is -2.09. The topological polar surface area (TPSA) is 105 Å². The number of halogens is 1. The molecular weight excluding hydrogens is 457 g/mol. The number of nitrogens with zero attached hydrogens (tertiary/aromatic N) is 2. The molecule has 0 saturated carbocycles. The lowest BCUT2D eigenvalue weighted by Gasteiger charge is -2.15. The van der Waals surface area contributed by atoms with Crippen molar-refractivity contribution >= 4 is 43.1 Å². The number of hydrogen-bond donors (Lipinski definition) is 1. The van der Waals surface area contributed by atoms with Gasteiger partial charge in [0.15, 0.2) is 5.43 Å². The Bertz CT molecular complexity index is 1850. The third-order valence-corrected chi connectivity index (χ3v) is 6.72. The van der Waals surface area contributed by atoms with Crippen molar-refractivity contribution in [2.75, 3.05) is 6.61 Å². The van der Waals surface area contributed by atoms with E-state index in [1.165, 1.54) is 18.2 Å². The van der Waals surface area contributed by atoms with Crippen molar-refractivity contribution in [3.05, 3.63) is 70.4 Å². The molecule has 1 N–H and O–H groups in total. The molecule has 0 fully saturated rings. The van der Waals surface area contributed by atoms with Gasteiger partial charge in [0.1, 0.15) is 11.4 Å². The number of fused-ring (bicyclic) bond motifs is 4. The predicted molar refractivity (Wildman–Crippen MR) is 128 cm³/mol. The van der Waals surface area contributed by atoms with Crippen molar-refractivity contribution in [3.8, 4) is 22.9 Å². The third-order valence-electron chi connectivity index (χ3n) is 5.90. The van der Waals surface area contributed by atoms with Gasteiger partial charge in [-0.1, -0.05) is 18.2 Å². The van der Waals surface area contributed by atoms with E-state index in [1.54, 1.807) is 50.4 Å². The maximum Gasteiger partial charge on any atom is 0.332 e. The highest BCUT2D eigenvalue weighted by Gasteiger charge is 2.19. The van der Waals surface area contributed by atoms with Crippen LogP contribution in [-0.2, 0) is 17.3 Å². The summed E-state index contributed by atoms with van der Waals surface area (Å²) in [7, 11) is -3.09. The quantitative estimate of drug-likeness (QED) is 0.377. The number of nitrogens with one attached hydrogen (secondary N) is 1. The van der Waals surface area contributed by atoms with Gasteiger partial charge in [-0.2, -0.15) is 13.7 Å². The molecule has 0 radical (unpaired) electrons. The number of benzene rings is 3. The minimum atomic E-state index is -4.89. The van der Waals surface area contributed by atoms with Gasteiger partial charge in [0.05, 0.1) is 39.4 Å². The van der Waals surface area contributed by atoms with Crippen LogP contribution in [0.1, 0.15) is 12.5 Å². The summed E-state index contributed by atoms with van der Waals surface area (Å²) in [6, 6.07) is 16.1. The summed E-state index contributed by atoms with van der Waals surface area (Å²) in [5.74, 6) is 0.381. The second-order valence-corrected chi connectivity index (χ2v) is 9.22. The number of ether oxygens (including phenoxy) is 1. The van der Waals surface area contributed by atoms with Crippen molar-refractivity contribution in [1.29, 1.82) is 5.26 Å². The van der Waals surface area contributed by atoms with E-state index in [0.717, 1.165) is 0 Å². The summed E-state index contributed by atoms with van der Waals surface area (Å²) in [4.78, 5) is 16.4. The van der Waals surface area contributed by atoms with Gasteiger partial charge in [0.2, 0.25) is 0 Å². The van der Waals surface area contributed by atoms with Gasteiger partial charge in [-0.05, 0) is 48.9 Å². The van der Waals surface area contributed by atoms with Crippen LogP contribution in [0.3, 0.4) is 0 Å². The largest absolute Gasteiger partial charge is 0.493 e. The third kappa shape index (κ3) is 3.31. The zero-order valence-electron chi connectivity index (χ0n) is 18.2. The van der Waals surface area contributed by atoms with Gasteiger partial charge in [0.25, 0.3) is 0 Å². The van der Waals surface area contributed by atoms with Crippen LogP contribution in [0.15, 0.2) is 64.3 Å². The van der Waals surface area contributed by atoms with Crippen molar-refractivity contribution in [3.63, 3.8) is 0 Å². The number of pyridine rings is 1. The fourth-order valence-electron chi connectivity index (χ4n) is 4.33. The molecule has 0 spiro atoms. The SMILES string of the molecule is CCOc1cc2c(=O)c3c4ccc(C#N)cc4[nH]c3n(C)c2cc1-c1cccc(S(=O)(=O)F)c1. The highest BCUT2D eigenvalue weighted by Crippen LogP contribution is 2.36. The normalized spacial score (nSPS) is 11.8. The Morgan fingerprint density at radius 2 is 1.91 bits per heavy atom. The van der Waals surface area contributed by atoms with E-state index in [1.807, 2.05) is 4.57 Å². The van der Waals surface area contributed by atoms with Gasteiger partial charge in [-0.25, -0.2) is 0 Å². The maximum absolute atomic E-state index is 13.6. The average molecular weight is 476 g/mol. The Kier molecular flexibility index (Phi) is 4.92. The zero-order valence-corrected chi connectivity index (χ0v) is 19.0. The van der Waals surface area contributed by atoms with Crippen LogP contribution in [0, 0.1) is 11.3 Å². The molecule has 0 amide bonds. The van der Waals surface area contributed by atoms with Crippen molar-refractivity contribution in [2.24, 2.45) is 7.05 Å². The lowest BCUT2D eigenvalue weighted by atomic mass is 10.0. The molecule has 34 heavy (non-hydrogen) atoms. The minimum absolute atomic E-state index is 0.202. The van der Waals surface area contributed by atoms with E-state index in [-0.39, 0.29) is 5.43 Å². The summed E-state index contributed by atoms with van der Waals surface area (Å²) in [5, 5.41) is 10.8. The Hall–Kier alpha value is -4.16. The standard InChI is InChI=1S/C25H18FN3O4S/c1-3-33-22-12-19-21(11-18(22)15-5-4-6-16(10-15)34(26,31)32)29(2)25-23(24(19)30)17-8-7-14(13-27)9-20(17)28-25/h4-12,28H,3H2,1-2H3. The fourth-order valence-corrected chi connectivity index (χ4v) is 4.84. The molecule has 7 nitrogen and oxygen atoms in total. The first-order valence-electron chi connectivity index (χ1n) is 10.4. The minimum Gasteiger partial charge on any atom is -0.493 e. The molecule has 3 aromatic carbocycles. The molecule has 2 aromatic heterocycles. The van der Waals surface area contributed by atoms with E-state index in [9.17, 15) is 22.4 Å². The second kappa shape index (κ2) is 7.71. The Balaban J connectivity index is 1.88. The van der Waals surface area contributed by atoms with E-state index in [0.29, 0.717) is 61.9 Å². The first-order valence-corrected chi connectivity index (χ1v) is 11.8. The van der Waals surface area contributed by atoms with E-state index in [2.05, 4.69) is 11.1 Å². The molecule has 9 heteroatoms. The fraction of sp³-hybridized carbons (Fsp3) is 0.120. The number of nitriles is 1. The van der Waals surface area contributed by atoms with Gasteiger partial charge in [0, 0.05) is 23.5 Å². The molecule has 5 rings (SSSR count). The summed E-state index contributed by atoms with van der Waals surface area (Å²) in [5.41, 5.74) is 3.07. The van der Waals surface area contributed by atoms with Crippen molar-refractivity contribution < 1.29 is 17.0 Å². The Labute approximate surface area is 193 Å². The van der Waals surface area contributed by atoms with Crippen molar-refractivity contribution in [1.82, 2.24) is 9.55 Å². The lowest BCUT2D eigenvalue weighted by molar-refractivity contribution is 0.342. The average Bonchev–Trinajstić information content (AvgIpc) is 3.21. The Morgan fingerprint density at radius 3 is 2.62 bits per heavy atom. The molecule has 0 saturated heterocycles. The number of H-pyrrole nitrogens is 1. The maximum atomic E-state index is 13.6. The summed E-state index contributed by atoms with van der Waals surface area (Å²) in [6.07, 6.45) is 0. The smallest absolute Gasteiger partial charge is 0.332 e. The number of hydrogen-bond acceptors (Lipinski definition) is 5. The molecule has 0 unspecified atom stereocenters. The summed E-state index contributed by atoms with van der Waals surface area (Å²) in [6.45, 7) is 2.11. The number of aryl methyl sites for hydroxylation is 1. The van der Waals surface area contributed by atoms with Crippen molar-refractivity contribution in [2.45, 2.75) is 11.8 Å². The Morgan fingerprint density at radius 1 is 1.12 bits per heavy atom. The molecule has 0 aliphatic rings.